The SMILES string of the molecule is CCCCN(C)Cc1cn(Cc2ccccc2F)c(-c2ccc(S(N)(=O)=O)cc2)n1. The molecule has 0 amide bonds. The van der Waals surface area contributed by atoms with Crippen LogP contribution in [0.3, 0.4) is 0 Å². The van der Waals surface area contributed by atoms with E-state index in [1.165, 1.54) is 18.2 Å². The summed E-state index contributed by atoms with van der Waals surface area (Å²) >= 11 is 0. The van der Waals surface area contributed by atoms with Crippen LogP contribution in [0.2, 0.25) is 0 Å². The number of primary sulfonamides is 1. The van der Waals surface area contributed by atoms with E-state index in [0.29, 0.717) is 24.5 Å². The van der Waals surface area contributed by atoms with Crippen molar-refractivity contribution in [2.24, 2.45) is 5.14 Å². The van der Waals surface area contributed by atoms with E-state index in [1.54, 1.807) is 30.3 Å². The quantitative estimate of drug-likeness (QED) is 0.562. The van der Waals surface area contributed by atoms with Crippen LogP contribution in [0.15, 0.2) is 59.6 Å². The number of hydrogen-bond donors (Lipinski definition) is 1. The molecule has 0 radical (unpaired) electrons. The summed E-state index contributed by atoms with van der Waals surface area (Å²) in [5.74, 6) is 0.376. The first-order valence-corrected chi connectivity index (χ1v) is 11.4. The molecule has 6 nitrogen and oxygen atoms in total. The molecule has 1 aromatic heterocycles. The molecule has 2 aromatic carbocycles. The molecule has 0 bridgehead atoms. The van der Waals surface area contributed by atoms with Gasteiger partial charge < -0.3 is 9.47 Å². The Morgan fingerprint density at radius 3 is 2.47 bits per heavy atom. The highest BCUT2D eigenvalue weighted by atomic mass is 32.2. The number of hydrogen-bond acceptors (Lipinski definition) is 4. The molecule has 2 N–H and O–H groups in total. The zero-order chi connectivity index (χ0) is 21.7. The number of nitrogens with two attached hydrogens (primary N) is 1. The molecule has 8 heteroatoms. The van der Waals surface area contributed by atoms with Gasteiger partial charge in [-0.2, -0.15) is 0 Å². The van der Waals surface area contributed by atoms with E-state index in [4.69, 9.17) is 10.1 Å². The summed E-state index contributed by atoms with van der Waals surface area (Å²) < 4.78 is 39.2. The number of halogens is 1. The summed E-state index contributed by atoms with van der Waals surface area (Å²) in [7, 11) is -1.72. The number of imidazole rings is 1. The summed E-state index contributed by atoms with van der Waals surface area (Å²) in [5.41, 5.74) is 2.17. The Bertz CT molecular complexity index is 1090. The number of sulfonamides is 1. The standard InChI is InChI=1S/C22H27FN4O2S/c1-3-4-13-26(2)15-19-16-27(14-18-7-5-6-8-21(18)23)22(25-19)17-9-11-20(12-10-17)30(24,28)29/h5-12,16H,3-4,13-15H2,1-2H3,(H2,24,28,29). The van der Waals surface area contributed by atoms with Crippen LogP contribution in [0.1, 0.15) is 31.0 Å². The van der Waals surface area contributed by atoms with Crippen molar-refractivity contribution in [2.45, 2.75) is 37.8 Å². The molecule has 30 heavy (non-hydrogen) atoms. The molecule has 0 aliphatic heterocycles. The van der Waals surface area contributed by atoms with Crippen LogP contribution >= 0.6 is 0 Å². The second-order valence-electron chi connectivity index (χ2n) is 7.44. The van der Waals surface area contributed by atoms with Crippen molar-refractivity contribution in [3.63, 3.8) is 0 Å². The van der Waals surface area contributed by atoms with Crippen LogP contribution < -0.4 is 5.14 Å². The van der Waals surface area contributed by atoms with Crippen molar-refractivity contribution in [1.82, 2.24) is 14.5 Å². The summed E-state index contributed by atoms with van der Waals surface area (Å²) in [6, 6.07) is 12.9. The predicted molar refractivity (Wildman–Crippen MR) is 116 cm³/mol. The zero-order valence-corrected chi connectivity index (χ0v) is 18.1. The number of unbranched alkanes of at least 4 members (excludes halogenated alkanes) is 1. The summed E-state index contributed by atoms with van der Waals surface area (Å²) in [5, 5.41) is 5.20. The minimum atomic E-state index is -3.77. The average molecular weight is 431 g/mol. The van der Waals surface area contributed by atoms with Gasteiger partial charge in [0.2, 0.25) is 10.0 Å². The Kier molecular flexibility index (Phi) is 7.02. The molecule has 0 spiro atoms. The highest BCUT2D eigenvalue weighted by molar-refractivity contribution is 7.89. The zero-order valence-electron chi connectivity index (χ0n) is 17.3. The number of nitrogens with zero attached hydrogens (tertiary/aromatic N) is 3. The summed E-state index contributed by atoms with van der Waals surface area (Å²) in [6.45, 7) is 4.12. The van der Waals surface area contributed by atoms with E-state index in [2.05, 4.69) is 11.8 Å². The molecule has 3 aromatic rings. The first-order valence-electron chi connectivity index (χ1n) is 9.89. The Morgan fingerprint density at radius 2 is 1.83 bits per heavy atom. The molecular formula is C22H27FN4O2S. The lowest BCUT2D eigenvalue weighted by Crippen LogP contribution is -2.19. The van der Waals surface area contributed by atoms with Crippen molar-refractivity contribution in [3.05, 3.63) is 71.8 Å². The second-order valence-corrected chi connectivity index (χ2v) is 9.00. The molecule has 3 rings (SSSR count). The minimum Gasteiger partial charge on any atom is -0.326 e. The third-order valence-corrected chi connectivity index (χ3v) is 5.82. The molecule has 0 saturated heterocycles. The fourth-order valence-electron chi connectivity index (χ4n) is 3.28. The highest BCUT2D eigenvalue weighted by Crippen LogP contribution is 2.23. The molecule has 0 atom stereocenters. The van der Waals surface area contributed by atoms with Gasteiger partial charge in [0.1, 0.15) is 11.6 Å². The third kappa shape index (κ3) is 5.53. The Hall–Kier alpha value is -2.55. The van der Waals surface area contributed by atoms with Crippen molar-refractivity contribution in [1.29, 1.82) is 0 Å². The second kappa shape index (κ2) is 9.51. The first kappa shape index (κ1) is 22.1. The topological polar surface area (TPSA) is 81.2 Å². The molecule has 0 unspecified atom stereocenters. The predicted octanol–water partition coefficient (Wildman–Crippen LogP) is 3.62. The monoisotopic (exact) mass is 430 g/mol. The molecule has 1 heterocycles. The molecule has 0 aliphatic rings. The van der Waals surface area contributed by atoms with E-state index in [9.17, 15) is 12.8 Å². The largest absolute Gasteiger partial charge is 0.326 e. The van der Waals surface area contributed by atoms with Gasteiger partial charge in [-0.15, -0.1) is 0 Å². The highest BCUT2D eigenvalue weighted by Gasteiger charge is 2.15. The third-order valence-electron chi connectivity index (χ3n) is 4.89. The normalized spacial score (nSPS) is 11.9. The maximum atomic E-state index is 14.2. The maximum Gasteiger partial charge on any atom is 0.238 e. The van der Waals surface area contributed by atoms with E-state index >= 15 is 0 Å². The van der Waals surface area contributed by atoms with Gasteiger partial charge in [-0.25, -0.2) is 22.9 Å². The fraction of sp³-hybridized carbons (Fsp3) is 0.318. The van der Waals surface area contributed by atoms with Crippen LogP contribution in [-0.4, -0.2) is 36.5 Å². The lowest BCUT2D eigenvalue weighted by atomic mass is 10.2. The molecule has 160 valence electrons. The van der Waals surface area contributed by atoms with Crippen LogP contribution in [-0.2, 0) is 23.1 Å². The van der Waals surface area contributed by atoms with Crippen molar-refractivity contribution in [3.8, 4) is 11.4 Å². The number of benzene rings is 2. The lowest BCUT2D eigenvalue weighted by molar-refractivity contribution is 0.317. The Morgan fingerprint density at radius 1 is 1.13 bits per heavy atom. The van der Waals surface area contributed by atoms with Crippen LogP contribution in [0, 0.1) is 5.82 Å². The fourth-order valence-corrected chi connectivity index (χ4v) is 3.80. The Balaban J connectivity index is 1.95. The first-order chi connectivity index (χ1) is 14.3. The van der Waals surface area contributed by atoms with Gasteiger partial charge in [-0.1, -0.05) is 31.5 Å². The van der Waals surface area contributed by atoms with Gasteiger partial charge in [0, 0.05) is 23.9 Å². The van der Waals surface area contributed by atoms with Gasteiger partial charge in [0.25, 0.3) is 0 Å². The Labute approximate surface area is 177 Å². The average Bonchev–Trinajstić information content (AvgIpc) is 3.09. The van der Waals surface area contributed by atoms with Gasteiger partial charge in [0.05, 0.1) is 17.1 Å². The summed E-state index contributed by atoms with van der Waals surface area (Å²) in [6.07, 6.45) is 4.15. The van der Waals surface area contributed by atoms with E-state index in [0.717, 1.165) is 30.6 Å². The number of aromatic nitrogens is 2. The molecule has 0 fully saturated rings. The van der Waals surface area contributed by atoms with Crippen molar-refractivity contribution in [2.75, 3.05) is 13.6 Å². The van der Waals surface area contributed by atoms with Crippen molar-refractivity contribution >= 4 is 10.0 Å². The van der Waals surface area contributed by atoms with Crippen molar-refractivity contribution < 1.29 is 12.8 Å². The van der Waals surface area contributed by atoms with Crippen LogP contribution in [0.5, 0.6) is 0 Å². The maximum absolute atomic E-state index is 14.2. The smallest absolute Gasteiger partial charge is 0.238 e. The van der Waals surface area contributed by atoms with Gasteiger partial charge in [-0.3, -0.25) is 0 Å². The minimum absolute atomic E-state index is 0.0398. The van der Waals surface area contributed by atoms with Gasteiger partial charge in [0.15, 0.2) is 0 Å². The molecular weight excluding hydrogens is 403 g/mol. The van der Waals surface area contributed by atoms with E-state index in [1.807, 2.05) is 17.8 Å². The molecule has 0 aliphatic carbocycles. The van der Waals surface area contributed by atoms with E-state index in [-0.39, 0.29) is 10.7 Å². The lowest BCUT2D eigenvalue weighted by Gasteiger charge is -2.14. The van der Waals surface area contributed by atoms with Crippen LogP contribution in [0.4, 0.5) is 4.39 Å². The van der Waals surface area contributed by atoms with E-state index < -0.39 is 10.0 Å². The molecule has 0 saturated carbocycles. The van der Waals surface area contributed by atoms with Gasteiger partial charge >= 0.3 is 0 Å². The van der Waals surface area contributed by atoms with Gasteiger partial charge in [-0.05, 0) is 50.3 Å². The summed E-state index contributed by atoms with van der Waals surface area (Å²) in [4.78, 5) is 7.01. The van der Waals surface area contributed by atoms with Crippen LogP contribution in [0.25, 0.3) is 11.4 Å². The number of rotatable bonds is 9.